The van der Waals surface area contributed by atoms with Crippen LogP contribution >= 0.6 is 0 Å². The molecule has 0 spiro atoms. The summed E-state index contributed by atoms with van der Waals surface area (Å²) in [4.78, 5) is 12.2. The van der Waals surface area contributed by atoms with E-state index in [0.717, 1.165) is 25.7 Å². The van der Waals surface area contributed by atoms with Crippen molar-refractivity contribution in [3.8, 4) is 0 Å². The van der Waals surface area contributed by atoms with Gasteiger partial charge < -0.3 is 15.5 Å². The second-order valence-electron chi connectivity index (χ2n) is 10.9. The monoisotopic (exact) mass is 509 g/mol. The molecule has 0 bridgehead atoms. The van der Waals surface area contributed by atoms with Crippen LogP contribution in [0.2, 0.25) is 0 Å². The van der Waals surface area contributed by atoms with Gasteiger partial charge in [-0.1, -0.05) is 135 Å². The number of unbranched alkanes of at least 4 members (excludes halogenated alkanes) is 19. The number of carbonyl (C=O) groups excluding carboxylic acids is 1. The van der Waals surface area contributed by atoms with Gasteiger partial charge in [0, 0.05) is 6.42 Å². The van der Waals surface area contributed by atoms with Gasteiger partial charge >= 0.3 is 0 Å². The minimum absolute atomic E-state index is 0.0435. The van der Waals surface area contributed by atoms with E-state index in [-0.39, 0.29) is 12.5 Å². The van der Waals surface area contributed by atoms with Crippen LogP contribution in [0.5, 0.6) is 0 Å². The molecule has 2 atom stereocenters. The molecule has 0 aromatic carbocycles. The zero-order chi connectivity index (χ0) is 26.5. The van der Waals surface area contributed by atoms with E-state index in [9.17, 15) is 15.0 Å². The lowest BCUT2D eigenvalue weighted by Crippen LogP contribution is -2.45. The first-order valence-corrected chi connectivity index (χ1v) is 15.9. The van der Waals surface area contributed by atoms with E-state index in [0.29, 0.717) is 12.8 Å². The van der Waals surface area contributed by atoms with Crippen molar-refractivity contribution in [2.24, 2.45) is 0 Å². The lowest BCUT2D eigenvalue weighted by atomic mass is 10.0. The predicted molar refractivity (Wildman–Crippen MR) is 156 cm³/mol. The molecule has 0 rings (SSSR count). The van der Waals surface area contributed by atoms with Crippen molar-refractivity contribution in [3.63, 3.8) is 0 Å². The first-order chi connectivity index (χ1) is 17.7. The van der Waals surface area contributed by atoms with Crippen molar-refractivity contribution < 1.29 is 15.0 Å². The summed E-state index contributed by atoms with van der Waals surface area (Å²) in [5.41, 5.74) is 0. The lowest BCUT2D eigenvalue weighted by Gasteiger charge is -2.22. The Morgan fingerprint density at radius 2 is 1.06 bits per heavy atom. The highest BCUT2D eigenvalue weighted by atomic mass is 16.3. The second-order valence-corrected chi connectivity index (χ2v) is 10.9. The van der Waals surface area contributed by atoms with Crippen molar-refractivity contribution in [2.45, 2.75) is 180 Å². The molecule has 3 N–H and O–H groups in total. The largest absolute Gasteiger partial charge is 0.394 e. The fraction of sp³-hybridized carbons (Fsp3) is 0.906. The van der Waals surface area contributed by atoms with Gasteiger partial charge in [0.1, 0.15) is 0 Å². The molecule has 0 aliphatic heterocycles. The number of amides is 1. The van der Waals surface area contributed by atoms with Crippen LogP contribution in [-0.4, -0.2) is 34.9 Å². The summed E-state index contributed by atoms with van der Waals surface area (Å²) in [6.07, 6.45) is 32.5. The first-order valence-electron chi connectivity index (χ1n) is 15.9. The van der Waals surface area contributed by atoms with Crippen LogP contribution < -0.4 is 5.32 Å². The molecule has 0 radical (unpaired) electrons. The summed E-state index contributed by atoms with van der Waals surface area (Å²) < 4.78 is 0. The van der Waals surface area contributed by atoms with Crippen molar-refractivity contribution in [3.05, 3.63) is 12.2 Å². The molecule has 1 amide bonds. The number of hydrogen-bond acceptors (Lipinski definition) is 3. The first kappa shape index (κ1) is 35.1. The normalized spacial score (nSPS) is 13.3. The Morgan fingerprint density at radius 1 is 0.639 bits per heavy atom. The van der Waals surface area contributed by atoms with E-state index >= 15 is 0 Å². The molecule has 0 aliphatic carbocycles. The van der Waals surface area contributed by atoms with Gasteiger partial charge in [-0.05, 0) is 38.5 Å². The van der Waals surface area contributed by atoms with Crippen LogP contribution in [0.3, 0.4) is 0 Å². The minimum atomic E-state index is -0.655. The van der Waals surface area contributed by atoms with Crippen LogP contribution in [0, 0.1) is 0 Å². The maximum absolute atomic E-state index is 12.2. The highest BCUT2D eigenvalue weighted by Gasteiger charge is 2.19. The predicted octanol–water partition coefficient (Wildman–Crippen LogP) is 8.78. The molecule has 0 aliphatic rings. The Hall–Kier alpha value is -0.870. The molecule has 214 valence electrons. The van der Waals surface area contributed by atoms with Gasteiger partial charge in [-0.3, -0.25) is 4.79 Å². The topological polar surface area (TPSA) is 69.6 Å². The van der Waals surface area contributed by atoms with Crippen LogP contribution in [0.25, 0.3) is 0 Å². The smallest absolute Gasteiger partial charge is 0.220 e. The molecule has 0 aromatic heterocycles. The summed E-state index contributed by atoms with van der Waals surface area (Å²) in [6.45, 7) is 4.31. The van der Waals surface area contributed by atoms with E-state index in [1.165, 1.54) is 116 Å². The number of aliphatic hydroxyl groups excluding tert-OH is 2. The number of rotatable bonds is 28. The highest BCUT2D eigenvalue weighted by Crippen LogP contribution is 2.14. The molecular weight excluding hydrogens is 446 g/mol. The average molecular weight is 510 g/mol. The number of allylic oxidation sites excluding steroid dienone is 2. The molecular formula is C32H63NO3. The van der Waals surface area contributed by atoms with E-state index < -0.39 is 12.1 Å². The van der Waals surface area contributed by atoms with E-state index in [4.69, 9.17) is 0 Å². The summed E-state index contributed by atoms with van der Waals surface area (Å²) >= 11 is 0. The minimum Gasteiger partial charge on any atom is -0.394 e. The van der Waals surface area contributed by atoms with Gasteiger partial charge in [-0.25, -0.2) is 0 Å². The van der Waals surface area contributed by atoms with Crippen molar-refractivity contribution in [2.75, 3.05) is 6.61 Å². The second kappa shape index (κ2) is 28.7. The Kier molecular flexibility index (Phi) is 28.0. The number of aliphatic hydroxyl groups is 2. The zero-order valence-corrected chi connectivity index (χ0v) is 24.3. The standard InChI is InChI=1S/C32H63NO3/c1-3-5-7-9-11-13-15-16-18-20-22-24-26-28-32(36)33-30(29-34)31(35)27-25-23-21-19-17-14-12-10-8-6-4-2/h13,15,30-31,34-35H,3-12,14,16-29H2,1-2H3,(H,33,36)/b15-13-. The maximum atomic E-state index is 12.2. The number of nitrogens with one attached hydrogen (secondary N) is 1. The van der Waals surface area contributed by atoms with Crippen LogP contribution in [-0.2, 0) is 4.79 Å². The van der Waals surface area contributed by atoms with Gasteiger partial charge in [0.2, 0.25) is 5.91 Å². The van der Waals surface area contributed by atoms with Crippen molar-refractivity contribution in [1.82, 2.24) is 5.32 Å². The molecule has 2 unspecified atom stereocenters. The number of carbonyl (C=O) groups is 1. The molecule has 36 heavy (non-hydrogen) atoms. The molecule has 0 saturated carbocycles. The summed E-state index contributed by atoms with van der Waals surface area (Å²) in [7, 11) is 0. The van der Waals surface area contributed by atoms with E-state index in [2.05, 4.69) is 31.3 Å². The van der Waals surface area contributed by atoms with Gasteiger partial charge in [-0.2, -0.15) is 0 Å². The third-order valence-corrected chi connectivity index (χ3v) is 7.28. The fourth-order valence-electron chi connectivity index (χ4n) is 4.76. The van der Waals surface area contributed by atoms with E-state index in [1.54, 1.807) is 0 Å². The number of hydrogen-bond donors (Lipinski definition) is 3. The lowest BCUT2D eigenvalue weighted by molar-refractivity contribution is -0.123. The summed E-state index contributed by atoms with van der Waals surface area (Å²) in [5.74, 6) is -0.0435. The third kappa shape index (κ3) is 24.8. The quantitative estimate of drug-likeness (QED) is 0.0729. The molecule has 0 aromatic rings. The summed E-state index contributed by atoms with van der Waals surface area (Å²) in [6, 6.07) is -0.533. The van der Waals surface area contributed by atoms with Crippen molar-refractivity contribution >= 4 is 5.91 Å². The van der Waals surface area contributed by atoms with Gasteiger partial charge in [0.05, 0.1) is 18.8 Å². The zero-order valence-electron chi connectivity index (χ0n) is 24.3. The van der Waals surface area contributed by atoms with Crippen LogP contribution in [0.4, 0.5) is 0 Å². The van der Waals surface area contributed by atoms with Crippen molar-refractivity contribution in [1.29, 1.82) is 0 Å². The molecule has 0 saturated heterocycles. The van der Waals surface area contributed by atoms with E-state index in [1.807, 2.05) is 0 Å². The molecule has 4 heteroatoms. The average Bonchev–Trinajstić information content (AvgIpc) is 2.88. The maximum Gasteiger partial charge on any atom is 0.220 e. The molecule has 4 nitrogen and oxygen atoms in total. The Balaban J connectivity index is 3.61. The summed E-state index contributed by atoms with van der Waals surface area (Å²) in [5, 5.41) is 22.9. The Labute approximate surface area is 225 Å². The molecule has 0 fully saturated rings. The Morgan fingerprint density at radius 3 is 1.56 bits per heavy atom. The SMILES string of the molecule is CCCCCC/C=C\CCCCCCCC(=O)NC(CO)C(O)CCCCCCCCCCCCC. The van der Waals surface area contributed by atoms with Gasteiger partial charge in [0.25, 0.3) is 0 Å². The molecule has 0 heterocycles. The third-order valence-electron chi connectivity index (χ3n) is 7.28. The van der Waals surface area contributed by atoms with Crippen LogP contribution in [0.15, 0.2) is 12.2 Å². The van der Waals surface area contributed by atoms with Gasteiger partial charge in [0.15, 0.2) is 0 Å². The Bertz CT molecular complexity index is 480. The highest BCUT2D eigenvalue weighted by molar-refractivity contribution is 5.76. The fourth-order valence-corrected chi connectivity index (χ4v) is 4.76. The van der Waals surface area contributed by atoms with Crippen LogP contribution in [0.1, 0.15) is 168 Å². The van der Waals surface area contributed by atoms with Gasteiger partial charge in [-0.15, -0.1) is 0 Å².